The molecule has 0 radical (unpaired) electrons. The number of anilines is 8. The monoisotopic (exact) mass is 1100 g/mol. The first-order chi connectivity index (χ1) is 39.4. The van der Waals surface area contributed by atoms with E-state index in [4.69, 9.17) is 0 Å². The van der Waals surface area contributed by atoms with Crippen molar-refractivity contribution in [3.63, 3.8) is 0 Å². The molecule has 1 saturated carbocycles. The Morgan fingerprint density at radius 3 is 1.38 bits per heavy atom. The van der Waals surface area contributed by atoms with Crippen LogP contribution in [0, 0.1) is 0 Å². The van der Waals surface area contributed by atoms with Crippen LogP contribution in [0.2, 0.25) is 0 Å². The average Bonchev–Trinajstić information content (AvgIpc) is 1.08. The largest absolute Gasteiger partial charge is 0.334 e. The maximum absolute atomic E-state index is 2.85. The first kappa shape index (κ1) is 49.5. The molecule has 1 fully saturated rings. The second-order valence-electron chi connectivity index (χ2n) is 28.1. The van der Waals surface area contributed by atoms with Gasteiger partial charge in [-0.1, -0.05) is 190 Å². The van der Waals surface area contributed by atoms with E-state index in [9.17, 15) is 0 Å². The van der Waals surface area contributed by atoms with Crippen LogP contribution in [-0.2, 0) is 27.1 Å². The van der Waals surface area contributed by atoms with Crippen molar-refractivity contribution >= 4 is 132 Å². The molecule has 0 bridgehead atoms. The van der Waals surface area contributed by atoms with E-state index in [2.05, 4.69) is 254 Å². The number of fused-ring (bicyclic) bond motifs is 16. The number of thiophene rings is 2. The molecule has 0 amide bonds. The molecule has 17 rings (SSSR count). The van der Waals surface area contributed by atoms with Gasteiger partial charge in [-0.25, -0.2) is 0 Å². The van der Waals surface area contributed by atoms with Gasteiger partial charge in [0.2, 0.25) is 0 Å². The molecule has 6 heteroatoms. The lowest BCUT2D eigenvalue weighted by Gasteiger charge is -2.51. The minimum absolute atomic E-state index is 0.000332. The summed E-state index contributed by atoms with van der Waals surface area (Å²) in [7, 11) is 0. The molecule has 6 aliphatic rings. The lowest BCUT2D eigenvalue weighted by atomic mass is 9.32. The maximum atomic E-state index is 2.85. The summed E-state index contributed by atoms with van der Waals surface area (Å²) < 4.78 is 5.32. The van der Waals surface area contributed by atoms with Gasteiger partial charge in [0.25, 0.3) is 6.71 Å². The van der Waals surface area contributed by atoms with Crippen LogP contribution < -0.4 is 31.1 Å². The molecule has 9 aromatic carbocycles. The molecule has 11 aromatic rings. The Kier molecular flexibility index (Phi) is 9.87. The summed E-state index contributed by atoms with van der Waals surface area (Å²) in [5, 5.41) is 5.30. The van der Waals surface area contributed by atoms with Crippen molar-refractivity contribution in [2.45, 2.75) is 140 Å². The second kappa shape index (κ2) is 16.4. The lowest BCUT2D eigenvalue weighted by molar-refractivity contribution is 0.195. The molecule has 0 saturated heterocycles. The fourth-order valence-electron chi connectivity index (χ4n) is 17.6. The zero-order chi connectivity index (χ0) is 55.8. The van der Waals surface area contributed by atoms with Crippen molar-refractivity contribution in [1.82, 2.24) is 0 Å². The molecule has 3 nitrogen and oxygen atoms in total. The Morgan fingerprint density at radius 1 is 0.366 bits per heavy atom. The van der Waals surface area contributed by atoms with Gasteiger partial charge < -0.3 is 14.7 Å². The Labute approximate surface area is 492 Å². The van der Waals surface area contributed by atoms with Crippen LogP contribution in [0.1, 0.15) is 147 Å². The average molecular weight is 1100 g/mol. The van der Waals surface area contributed by atoms with Gasteiger partial charge in [-0.2, -0.15) is 0 Å². The van der Waals surface area contributed by atoms with Crippen molar-refractivity contribution in [2.24, 2.45) is 0 Å². The third-order valence-corrected chi connectivity index (χ3v) is 24.7. The van der Waals surface area contributed by atoms with Crippen LogP contribution in [0.3, 0.4) is 0 Å². The van der Waals surface area contributed by atoms with E-state index >= 15 is 0 Å². The Balaban J connectivity index is 1.07. The highest BCUT2D eigenvalue weighted by molar-refractivity contribution is 7.27. The highest BCUT2D eigenvalue weighted by Gasteiger charge is 2.58. The topological polar surface area (TPSA) is 9.72 Å². The van der Waals surface area contributed by atoms with Crippen LogP contribution in [0.25, 0.3) is 40.3 Å². The fraction of sp³-hybridized carbons (Fsp3) is 0.289. The van der Waals surface area contributed by atoms with Crippen molar-refractivity contribution in [2.75, 3.05) is 14.7 Å². The van der Waals surface area contributed by atoms with E-state index < -0.39 is 0 Å². The van der Waals surface area contributed by atoms with Crippen LogP contribution >= 0.6 is 22.7 Å². The fourth-order valence-corrected chi connectivity index (χ4v) is 20.0. The Morgan fingerprint density at radius 2 is 0.805 bits per heavy atom. The molecule has 3 aliphatic carbocycles. The van der Waals surface area contributed by atoms with E-state index in [0.717, 1.165) is 19.3 Å². The number of hydrogen-bond donors (Lipinski definition) is 0. The molecule has 5 heterocycles. The number of nitrogens with zero attached hydrogens (tertiary/aromatic N) is 3. The van der Waals surface area contributed by atoms with Gasteiger partial charge in [-0.3, -0.25) is 0 Å². The van der Waals surface area contributed by atoms with Crippen molar-refractivity contribution in [1.29, 1.82) is 0 Å². The highest BCUT2D eigenvalue weighted by Crippen LogP contribution is 2.63. The molecule has 3 aliphatic heterocycles. The zero-order valence-corrected chi connectivity index (χ0v) is 50.8. The van der Waals surface area contributed by atoms with Crippen LogP contribution in [-0.4, -0.2) is 12.3 Å². The summed E-state index contributed by atoms with van der Waals surface area (Å²) in [4.78, 5) is 8.43. The zero-order valence-electron chi connectivity index (χ0n) is 49.1. The predicted octanol–water partition coefficient (Wildman–Crippen LogP) is 19.6. The van der Waals surface area contributed by atoms with Gasteiger partial charge in [0.1, 0.15) is 0 Å². The van der Waals surface area contributed by atoms with Gasteiger partial charge in [0, 0.05) is 81.3 Å². The number of para-hydroxylation sites is 1. The second-order valence-corrected chi connectivity index (χ2v) is 30.3. The normalized spacial score (nSPS) is 21.9. The standard InChI is InChI=1S/C76H70BN3S2/c1-71(2)37-38-72(3,4)54-43-62-57(41-53(54)71)77-58-42-55-56(74(7,8)51-28-14-13-27-50(51)73(55,5)6)44-63(58)79(61-32-22-26-49-47-24-12-18-34-67(47)82-70(49)61)65-40-45(80-59-30-16-15-29-52(59)75(9)35-19-20-36-76(75,80)10)39-64(68(65)77)78(62)60-31-21-25-48-46-23-11-17-33-66(46)81-69(48)60/h11-18,21-34,39-44H,19-20,35-38H2,1-10H3. The third kappa shape index (κ3) is 6.23. The lowest BCUT2D eigenvalue weighted by Crippen LogP contribution is -2.62. The van der Waals surface area contributed by atoms with Gasteiger partial charge in [-0.15, -0.1) is 22.7 Å². The van der Waals surface area contributed by atoms with E-state index in [1.807, 2.05) is 22.7 Å². The molecule has 2 unspecified atom stereocenters. The quantitative estimate of drug-likeness (QED) is 0.163. The summed E-state index contributed by atoms with van der Waals surface area (Å²) in [6, 6.07) is 67.6. The molecule has 82 heavy (non-hydrogen) atoms. The van der Waals surface area contributed by atoms with Crippen molar-refractivity contribution in [3.05, 3.63) is 209 Å². The summed E-state index contributed by atoms with van der Waals surface area (Å²) in [5.41, 5.74) is 24.1. The summed E-state index contributed by atoms with van der Waals surface area (Å²) in [5.74, 6) is 0. The van der Waals surface area contributed by atoms with E-state index in [1.54, 1.807) is 0 Å². The smallest absolute Gasteiger partial charge is 0.252 e. The van der Waals surface area contributed by atoms with Gasteiger partial charge in [0.05, 0.1) is 26.3 Å². The van der Waals surface area contributed by atoms with E-state index in [0.29, 0.717) is 0 Å². The number of rotatable bonds is 3. The van der Waals surface area contributed by atoms with Crippen molar-refractivity contribution in [3.8, 4) is 0 Å². The molecular weight excluding hydrogens is 1030 g/mol. The van der Waals surface area contributed by atoms with Crippen LogP contribution in [0.4, 0.5) is 45.5 Å². The van der Waals surface area contributed by atoms with E-state index in [1.165, 1.54) is 160 Å². The van der Waals surface area contributed by atoms with Gasteiger partial charge >= 0.3 is 0 Å². The Hall–Kier alpha value is -7.12. The molecular formula is C76H70BN3S2. The molecule has 2 aromatic heterocycles. The number of benzene rings is 9. The third-order valence-electron chi connectivity index (χ3n) is 22.3. The SMILES string of the molecule is CC1(C)CCC(C)(C)c2cc3c(cc21)B1c2cc4c(cc2N(c2cccc5c2sc2ccccc25)c2cc(N5c6ccccc6C6(C)CCCCC56C)cc(c21)N3c1cccc2c1sc1ccccc12)C(C)(C)c1ccccc1C4(C)C. The summed E-state index contributed by atoms with van der Waals surface area (Å²) in [6.07, 6.45) is 7.07. The maximum Gasteiger partial charge on any atom is 0.252 e. The summed E-state index contributed by atoms with van der Waals surface area (Å²) in [6.45, 7) is 25.2. The first-order valence-corrected chi connectivity index (χ1v) is 32.0. The molecule has 0 spiro atoms. The summed E-state index contributed by atoms with van der Waals surface area (Å²) >= 11 is 3.91. The molecule has 404 valence electrons. The Bertz CT molecular complexity index is 4630. The predicted molar refractivity (Wildman–Crippen MR) is 355 cm³/mol. The van der Waals surface area contributed by atoms with Crippen LogP contribution in [0.15, 0.2) is 170 Å². The van der Waals surface area contributed by atoms with Gasteiger partial charge in [-0.05, 0) is 153 Å². The molecule has 0 N–H and O–H groups in total. The van der Waals surface area contributed by atoms with E-state index in [-0.39, 0.29) is 39.3 Å². The molecule has 2 atom stereocenters. The minimum atomic E-state index is -0.253. The minimum Gasteiger partial charge on any atom is -0.334 e. The van der Waals surface area contributed by atoms with Crippen LogP contribution in [0.5, 0.6) is 0 Å². The van der Waals surface area contributed by atoms with Crippen molar-refractivity contribution < 1.29 is 0 Å². The number of hydrogen-bond acceptors (Lipinski definition) is 5. The van der Waals surface area contributed by atoms with Gasteiger partial charge in [0.15, 0.2) is 0 Å². The first-order valence-electron chi connectivity index (χ1n) is 30.4. The highest BCUT2D eigenvalue weighted by atomic mass is 32.1.